The Hall–Kier alpha value is -3.30. The Balaban J connectivity index is 1.98. The third kappa shape index (κ3) is 4.41. The number of aliphatic carboxylic acids is 1. The molecule has 9 heteroatoms. The highest BCUT2D eigenvalue weighted by molar-refractivity contribution is 7.92. The summed E-state index contributed by atoms with van der Waals surface area (Å²) in [5, 5.41) is 22.4. The number of ether oxygens (including phenoxy) is 1. The van der Waals surface area contributed by atoms with Crippen molar-refractivity contribution in [1.29, 1.82) is 0 Å². The number of aliphatic hydroxyl groups is 1. The number of aliphatic hydroxyl groups excluding tert-OH is 1. The number of hydrogen-bond acceptors (Lipinski definition) is 6. The van der Waals surface area contributed by atoms with Crippen molar-refractivity contribution in [2.45, 2.75) is 10.9 Å². The van der Waals surface area contributed by atoms with Crippen LogP contribution >= 0.6 is 0 Å². The molecule has 0 amide bonds. The zero-order valence-electron chi connectivity index (χ0n) is 15.5. The van der Waals surface area contributed by atoms with Crippen LogP contribution in [0.5, 0.6) is 5.75 Å². The highest BCUT2D eigenvalue weighted by Gasteiger charge is 2.19. The predicted octanol–water partition coefficient (Wildman–Crippen LogP) is 2.51. The van der Waals surface area contributed by atoms with Gasteiger partial charge in [-0.2, -0.15) is 0 Å². The van der Waals surface area contributed by atoms with Crippen LogP contribution in [0.15, 0.2) is 65.6 Å². The Morgan fingerprint density at radius 1 is 1.00 bits per heavy atom. The maximum Gasteiger partial charge on any atom is 0.328 e. The summed E-state index contributed by atoms with van der Waals surface area (Å²) >= 11 is 0. The number of hydrogen-bond donors (Lipinski definition) is 4. The fourth-order valence-electron chi connectivity index (χ4n) is 2.85. The van der Waals surface area contributed by atoms with Gasteiger partial charge in [0.25, 0.3) is 10.0 Å². The van der Waals surface area contributed by atoms with Gasteiger partial charge in [-0.25, -0.2) is 13.2 Å². The lowest BCUT2D eigenvalue weighted by atomic mass is 10.1. The third-order valence-electron chi connectivity index (χ3n) is 4.35. The first-order valence-corrected chi connectivity index (χ1v) is 10.1. The summed E-state index contributed by atoms with van der Waals surface area (Å²) in [5.74, 6) is -0.650. The molecule has 0 spiro atoms. The number of rotatable bonds is 8. The van der Waals surface area contributed by atoms with E-state index in [-0.39, 0.29) is 4.90 Å². The topological polar surface area (TPSA) is 125 Å². The Morgan fingerprint density at radius 3 is 2.14 bits per heavy atom. The molecular weight excluding hydrogens is 396 g/mol. The number of anilines is 2. The van der Waals surface area contributed by atoms with E-state index in [1.807, 2.05) is 0 Å². The molecule has 0 aromatic heterocycles. The molecule has 0 heterocycles. The Bertz CT molecular complexity index is 1130. The summed E-state index contributed by atoms with van der Waals surface area (Å²) in [6.07, 6.45) is 0. The fraction of sp³-hybridized carbons (Fsp3) is 0.150. The van der Waals surface area contributed by atoms with Crippen LogP contribution in [0, 0.1) is 0 Å². The normalized spacial score (nSPS) is 12.3. The minimum atomic E-state index is -3.84. The molecule has 0 aliphatic rings. The van der Waals surface area contributed by atoms with Gasteiger partial charge >= 0.3 is 5.97 Å². The van der Waals surface area contributed by atoms with Crippen molar-refractivity contribution < 1.29 is 28.2 Å². The van der Waals surface area contributed by atoms with E-state index < -0.39 is 28.6 Å². The van der Waals surface area contributed by atoms with Crippen molar-refractivity contribution >= 4 is 38.1 Å². The molecule has 0 saturated carbocycles. The van der Waals surface area contributed by atoms with Crippen molar-refractivity contribution in [1.82, 2.24) is 0 Å². The molecule has 3 rings (SSSR count). The molecule has 3 aromatic rings. The second-order valence-corrected chi connectivity index (χ2v) is 7.89. The molecule has 0 saturated heterocycles. The summed E-state index contributed by atoms with van der Waals surface area (Å²) in [7, 11) is -2.35. The summed E-state index contributed by atoms with van der Waals surface area (Å²) in [5.41, 5.74) is 0.812. The Kier molecular flexibility index (Phi) is 5.90. The molecule has 1 atom stereocenters. The third-order valence-corrected chi connectivity index (χ3v) is 5.73. The van der Waals surface area contributed by atoms with Crippen molar-refractivity contribution in [2.24, 2.45) is 0 Å². The van der Waals surface area contributed by atoms with Gasteiger partial charge in [0.2, 0.25) is 0 Å². The molecule has 0 bridgehead atoms. The van der Waals surface area contributed by atoms with Crippen LogP contribution < -0.4 is 14.8 Å². The molecular formula is C20H20N2O6S. The minimum Gasteiger partial charge on any atom is -0.497 e. The van der Waals surface area contributed by atoms with E-state index in [2.05, 4.69) is 10.0 Å². The molecule has 0 unspecified atom stereocenters. The van der Waals surface area contributed by atoms with Gasteiger partial charge < -0.3 is 20.3 Å². The Morgan fingerprint density at radius 2 is 1.59 bits per heavy atom. The molecule has 0 radical (unpaired) electrons. The average Bonchev–Trinajstić information content (AvgIpc) is 2.73. The van der Waals surface area contributed by atoms with Crippen LogP contribution in [-0.4, -0.2) is 44.4 Å². The molecule has 152 valence electrons. The van der Waals surface area contributed by atoms with E-state index in [0.717, 1.165) is 0 Å². The predicted molar refractivity (Wildman–Crippen MR) is 110 cm³/mol. The van der Waals surface area contributed by atoms with Crippen LogP contribution in [0.2, 0.25) is 0 Å². The van der Waals surface area contributed by atoms with Gasteiger partial charge in [-0.05, 0) is 36.4 Å². The number of methoxy groups -OCH3 is 1. The maximum atomic E-state index is 12.8. The van der Waals surface area contributed by atoms with E-state index in [4.69, 9.17) is 9.84 Å². The van der Waals surface area contributed by atoms with Gasteiger partial charge in [-0.1, -0.05) is 24.3 Å². The van der Waals surface area contributed by atoms with Crippen LogP contribution in [0.25, 0.3) is 10.8 Å². The van der Waals surface area contributed by atoms with Crippen molar-refractivity contribution in [3.8, 4) is 5.75 Å². The smallest absolute Gasteiger partial charge is 0.328 e. The van der Waals surface area contributed by atoms with Gasteiger partial charge in [0, 0.05) is 16.5 Å². The summed E-state index contributed by atoms with van der Waals surface area (Å²) in [4.78, 5) is 11.3. The highest BCUT2D eigenvalue weighted by Crippen LogP contribution is 2.32. The molecule has 0 fully saturated rings. The number of nitrogens with one attached hydrogen (secondary N) is 2. The van der Waals surface area contributed by atoms with Gasteiger partial charge in [0.05, 0.1) is 24.3 Å². The number of fused-ring (bicyclic) bond motifs is 1. The van der Waals surface area contributed by atoms with Gasteiger partial charge in [-0.15, -0.1) is 0 Å². The summed E-state index contributed by atoms with van der Waals surface area (Å²) in [6.45, 7) is -0.588. The SMILES string of the molecule is COc1ccc(S(=O)(=O)Nc2ccc(N[C@@H](CO)C(=O)O)c3ccccc23)cc1. The molecule has 4 N–H and O–H groups in total. The minimum absolute atomic E-state index is 0.0794. The lowest BCUT2D eigenvalue weighted by Crippen LogP contribution is -2.32. The summed E-state index contributed by atoms with van der Waals surface area (Å²) < 4.78 is 33.1. The number of benzene rings is 3. The lowest BCUT2D eigenvalue weighted by Gasteiger charge is -2.17. The number of carboxylic acid groups (broad SMARTS) is 1. The van der Waals surface area contributed by atoms with Crippen LogP contribution in [-0.2, 0) is 14.8 Å². The molecule has 29 heavy (non-hydrogen) atoms. The van der Waals surface area contributed by atoms with Gasteiger partial charge in [-0.3, -0.25) is 4.72 Å². The molecule has 0 aliphatic heterocycles. The second kappa shape index (κ2) is 8.38. The Labute approximate surface area is 167 Å². The number of carbonyl (C=O) groups is 1. The monoisotopic (exact) mass is 416 g/mol. The number of sulfonamides is 1. The second-order valence-electron chi connectivity index (χ2n) is 6.21. The van der Waals surface area contributed by atoms with Crippen molar-refractivity contribution in [3.63, 3.8) is 0 Å². The quantitative estimate of drug-likeness (QED) is 0.445. The highest BCUT2D eigenvalue weighted by atomic mass is 32.2. The van der Waals surface area contributed by atoms with Crippen LogP contribution in [0.3, 0.4) is 0 Å². The first-order chi connectivity index (χ1) is 13.9. The van der Waals surface area contributed by atoms with E-state index >= 15 is 0 Å². The lowest BCUT2D eigenvalue weighted by molar-refractivity contribution is -0.138. The van der Waals surface area contributed by atoms with Crippen LogP contribution in [0.1, 0.15) is 0 Å². The van der Waals surface area contributed by atoms with Gasteiger partial charge in [0.1, 0.15) is 11.8 Å². The zero-order chi connectivity index (χ0) is 21.0. The molecule has 8 nitrogen and oxygen atoms in total. The first-order valence-electron chi connectivity index (χ1n) is 8.64. The largest absolute Gasteiger partial charge is 0.497 e. The van der Waals surface area contributed by atoms with E-state index in [1.165, 1.54) is 19.2 Å². The zero-order valence-corrected chi connectivity index (χ0v) is 16.3. The van der Waals surface area contributed by atoms with Gasteiger partial charge in [0.15, 0.2) is 0 Å². The summed E-state index contributed by atoms with van der Waals surface area (Å²) in [6, 6.07) is 14.9. The first kappa shape index (κ1) is 20.4. The van der Waals surface area contributed by atoms with Crippen LogP contribution in [0.4, 0.5) is 11.4 Å². The number of carboxylic acids is 1. The maximum absolute atomic E-state index is 12.8. The van der Waals surface area contributed by atoms with Crippen molar-refractivity contribution in [3.05, 3.63) is 60.7 Å². The van der Waals surface area contributed by atoms with E-state index in [0.29, 0.717) is 27.9 Å². The fourth-order valence-corrected chi connectivity index (χ4v) is 3.93. The molecule has 3 aromatic carbocycles. The standard InChI is InChI=1S/C20H20N2O6S/c1-28-13-6-8-14(9-7-13)29(26,27)22-18-11-10-17(21-19(12-23)20(24)25)15-4-2-3-5-16(15)18/h2-11,19,21-23H,12H2,1H3,(H,24,25)/t19-/m0/s1. The molecule has 0 aliphatic carbocycles. The van der Waals surface area contributed by atoms with E-state index in [1.54, 1.807) is 48.5 Å². The van der Waals surface area contributed by atoms with Crippen molar-refractivity contribution in [2.75, 3.05) is 23.8 Å². The van der Waals surface area contributed by atoms with E-state index in [9.17, 15) is 18.3 Å². The average molecular weight is 416 g/mol.